The lowest BCUT2D eigenvalue weighted by atomic mass is 10.2. The Morgan fingerprint density at radius 3 is 2.89 bits per heavy atom. The predicted octanol–water partition coefficient (Wildman–Crippen LogP) is 3.89. The Morgan fingerprint density at radius 2 is 2.11 bits per heavy atom. The average molecular weight is 343 g/mol. The van der Waals surface area contributed by atoms with Crippen molar-refractivity contribution in [1.29, 1.82) is 0 Å². The van der Waals surface area contributed by atoms with Crippen molar-refractivity contribution in [3.63, 3.8) is 0 Å². The van der Waals surface area contributed by atoms with Gasteiger partial charge in [-0.2, -0.15) is 11.8 Å². The van der Waals surface area contributed by atoms with Crippen LogP contribution in [-0.4, -0.2) is 9.97 Å². The van der Waals surface area contributed by atoms with Gasteiger partial charge in [-0.05, 0) is 18.2 Å². The normalized spacial score (nSPS) is 13.7. The van der Waals surface area contributed by atoms with E-state index in [0.29, 0.717) is 16.7 Å². The Balaban J connectivity index is 2.15. The third-order valence-electron chi connectivity index (χ3n) is 2.78. The van der Waals surface area contributed by atoms with Gasteiger partial charge in [0.05, 0.1) is 10.7 Å². The van der Waals surface area contributed by atoms with E-state index in [1.807, 2.05) is 18.2 Å². The van der Waals surface area contributed by atoms with Crippen LogP contribution < -0.4 is 5.73 Å². The molecule has 1 aromatic carbocycles. The molecular formula is C12H9BrClN3S. The fourth-order valence-electron chi connectivity index (χ4n) is 1.87. The van der Waals surface area contributed by atoms with Crippen molar-refractivity contribution in [2.75, 3.05) is 5.73 Å². The van der Waals surface area contributed by atoms with E-state index in [1.54, 1.807) is 11.8 Å². The van der Waals surface area contributed by atoms with E-state index in [1.165, 1.54) is 0 Å². The summed E-state index contributed by atoms with van der Waals surface area (Å²) in [5.74, 6) is 2.96. The summed E-state index contributed by atoms with van der Waals surface area (Å²) in [5, 5.41) is 0.620. The number of fused-ring (bicyclic) bond motifs is 1. The molecule has 0 atom stereocenters. The first-order valence-corrected chi connectivity index (χ1v) is 7.66. The highest BCUT2D eigenvalue weighted by Gasteiger charge is 2.19. The number of benzene rings is 1. The highest BCUT2D eigenvalue weighted by atomic mass is 79.9. The van der Waals surface area contributed by atoms with E-state index in [0.717, 1.165) is 32.8 Å². The van der Waals surface area contributed by atoms with Crippen LogP contribution in [0.3, 0.4) is 0 Å². The quantitative estimate of drug-likeness (QED) is 0.854. The van der Waals surface area contributed by atoms with Crippen LogP contribution in [0.1, 0.15) is 11.3 Å². The van der Waals surface area contributed by atoms with E-state index >= 15 is 0 Å². The molecule has 0 saturated heterocycles. The molecule has 0 amide bonds. The zero-order valence-corrected chi connectivity index (χ0v) is 12.4. The highest BCUT2D eigenvalue weighted by molar-refractivity contribution is 9.10. The molecule has 0 fully saturated rings. The van der Waals surface area contributed by atoms with Crippen molar-refractivity contribution in [3.05, 3.63) is 39.0 Å². The van der Waals surface area contributed by atoms with E-state index in [9.17, 15) is 0 Å². The molecule has 1 aliphatic heterocycles. The van der Waals surface area contributed by atoms with E-state index in [2.05, 4.69) is 25.9 Å². The van der Waals surface area contributed by atoms with Crippen LogP contribution in [-0.2, 0) is 11.5 Å². The number of nitrogen functional groups attached to an aromatic ring is 1. The number of nitrogens with two attached hydrogens (primary N) is 1. The maximum Gasteiger partial charge on any atom is 0.163 e. The van der Waals surface area contributed by atoms with Crippen molar-refractivity contribution < 1.29 is 0 Å². The zero-order valence-electron chi connectivity index (χ0n) is 9.28. The van der Waals surface area contributed by atoms with Crippen molar-refractivity contribution in [1.82, 2.24) is 9.97 Å². The third kappa shape index (κ3) is 2.11. The van der Waals surface area contributed by atoms with Crippen LogP contribution in [0.25, 0.3) is 11.4 Å². The highest BCUT2D eigenvalue weighted by Crippen LogP contribution is 2.35. The van der Waals surface area contributed by atoms with Crippen LogP contribution in [0.5, 0.6) is 0 Å². The van der Waals surface area contributed by atoms with E-state index in [-0.39, 0.29) is 0 Å². The lowest BCUT2D eigenvalue weighted by Crippen LogP contribution is -2.03. The Hall–Kier alpha value is -0.780. The largest absolute Gasteiger partial charge is 0.383 e. The van der Waals surface area contributed by atoms with Crippen LogP contribution >= 0.6 is 39.3 Å². The lowest BCUT2D eigenvalue weighted by molar-refractivity contribution is 1.08. The molecule has 6 heteroatoms. The molecule has 0 saturated carbocycles. The number of thioether (sulfide) groups is 1. The molecule has 3 rings (SSSR count). The van der Waals surface area contributed by atoms with Gasteiger partial charge in [0, 0.05) is 27.1 Å². The maximum atomic E-state index is 6.21. The first-order chi connectivity index (χ1) is 8.65. The molecule has 1 aromatic heterocycles. The second-order valence-electron chi connectivity index (χ2n) is 3.97. The van der Waals surface area contributed by atoms with Crippen molar-refractivity contribution in [3.8, 4) is 11.4 Å². The molecular weight excluding hydrogens is 334 g/mol. The number of hydrogen-bond acceptors (Lipinski definition) is 4. The summed E-state index contributed by atoms with van der Waals surface area (Å²) >= 11 is 11.4. The van der Waals surface area contributed by atoms with Gasteiger partial charge in [0.25, 0.3) is 0 Å². The smallest absolute Gasteiger partial charge is 0.163 e. The SMILES string of the molecule is Nc1nc(-c2ccc(Br)cc2Cl)nc2c1CSC2. The molecule has 18 heavy (non-hydrogen) atoms. The van der Waals surface area contributed by atoms with Gasteiger partial charge in [0.1, 0.15) is 5.82 Å². The molecule has 2 heterocycles. The fourth-order valence-corrected chi connectivity index (χ4v) is 3.68. The minimum absolute atomic E-state index is 0.569. The molecule has 0 bridgehead atoms. The standard InChI is InChI=1S/C12H9BrClN3S/c13-6-1-2-7(9(14)3-6)12-16-10-5-18-4-8(10)11(15)17-12/h1-3H,4-5H2,(H2,15,16,17). The number of hydrogen-bond donors (Lipinski definition) is 1. The number of halogens is 2. The summed E-state index contributed by atoms with van der Waals surface area (Å²) in [6.07, 6.45) is 0. The van der Waals surface area contributed by atoms with Gasteiger partial charge in [0.15, 0.2) is 5.82 Å². The maximum absolute atomic E-state index is 6.21. The number of nitrogens with zero attached hydrogens (tertiary/aromatic N) is 2. The van der Waals surface area contributed by atoms with Crippen LogP contribution in [0, 0.1) is 0 Å². The van der Waals surface area contributed by atoms with Gasteiger partial charge < -0.3 is 5.73 Å². The molecule has 2 N–H and O–H groups in total. The Kier molecular flexibility index (Phi) is 3.21. The summed E-state index contributed by atoms with van der Waals surface area (Å²) in [6.45, 7) is 0. The summed E-state index contributed by atoms with van der Waals surface area (Å²) in [5.41, 5.74) is 8.88. The Bertz CT molecular complexity index is 633. The zero-order chi connectivity index (χ0) is 12.7. The molecule has 92 valence electrons. The first kappa shape index (κ1) is 12.3. The van der Waals surface area contributed by atoms with Crippen molar-refractivity contribution in [2.24, 2.45) is 0 Å². The molecule has 0 radical (unpaired) electrons. The monoisotopic (exact) mass is 341 g/mol. The summed E-state index contributed by atoms with van der Waals surface area (Å²) in [6, 6.07) is 5.65. The second-order valence-corrected chi connectivity index (χ2v) is 6.28. The van der Waals surface area contributed by atoms with Gasteiger partial charge in [-0.3, -0.25) is 0 Å². The molecule has 2 aromatic rings. The molecule has 0 unspecified atom stereocenters. The van der Waals surface area contributed by atoms with Crippen molar-refractivity contribution >= 4 is 45.1 Å². The van der Waals surface area contributed by atoms with Gasteiger partial charge in [0.2, 0.25) is 0 Å². The van der Waals surface area contributed by atoms with Gasteiger partial charge in [-0.15, -0.1) is 0 Å². The molecule has 1 aliphatic rings. The summed E-state index contributed by atoms with van der Waals surface area (Å²) < 4.78 is 0.931. The predicted molar refractivity (Wildman–Crippen MR) is 79.6 cm³/mol. The summed E-state index contributed by atoms with van der Waals surface area (Å²) in [7, 11) is 0. The van der Waals surface area contributed by atoms with Gasteiger partial charge >= 0.3 is 0 Å². The minimum atomic E-state index is 0.569. The van der Waals surface area contributed by atoms with Crippen LogP contribution in [0.15, 0.2) is 22.7 Å². The van der Waals surface area contributed by atoms with Crippen LogP contribution in [0.2, 0.25) is 5.02 Å². The Morgan fingerprint density at radius 1 is 1.28 bits per heavy atom. The minimum Gasteiger partial charge on any atom is -0.383 e. The second kappa shape index (κ2) is 4.72. The Labute approximate surface area is 122 Å². The molecule has 3 nitrogen and oxygen atoms in total. The fraction of sp³-hybridized carbons (Fsp3) is 0.167. The summed E-state index contributed by atoms with van der Waals surface area (Å²) in [4.78, 5) is 8.92. The molecule has 0 spiro atoms. The van der Waals surface area contributed by atoms with Crippen molar-refractivity contribution in [2.45, 2.75) is 11.5 Å². The van der Waals surface area contributed by atoms with Gasteiger partial charge in [-0.1, -0.05) is 27.5 Å². The lowest BCUT2D eigenvalue weighted by Gasteiger charge is -2.07. The molecule has 0 aliphatic carbocycles. The first-order valence-electron chi connectivity index (χ1n) is 5.33. The number of rotatable bonds is 1. The third-order valence-corrected chi connectivity index (χ3v) is 4.56. The van der Waals surface area contributed by atoms with E-state index < -0.39 is 0 Å². The van der Waals surface area contributed by atoms with Crippen LogP contribution in [0.4, 0.5) is 5.82 Å². The number of anilines is 1. The number of aromatic nitrogens is 2. The van der Waals surface area contributed by atoms with E-state index in [4.69, 9.17) is 17.3 Å². The average Bonchev–Trinajstić information content (AvgIpc) is 2.77. The topological polar surface area (TPSA) is 51.8 Å². The van der Waals surface area contributed by atoms with Gasteiger partial charge in [-0.25, -0.2) is 9.97 Å².